The molecule has 0 spiro atoms. The minimum atomic E-state index is -1.08. The summed E-state index contributed by atoms with van der Waals surface area (Å²) in [5.41, 5.74) is 1.42. The van der Waals surface area contributed by atoms with Crippen LogP contribution < -0.4 is 10.6 Å². The molecule has 138 valence electrons. The minimum Gasteiger partial charge on any atom is -0.478 e. The fourth-order valence-electron chi connectivity index (χ4n) is 2.65. The van der Waals surface area contributed by atoms with Crippen LogP contribution >= 0.6 is 0 Å². The van der Waals surface area contributed by atoms with Crippen molar-refractivity contribution in [3.05, 3.63) is 71.4 Å². The molecule has 0 radical (unpaired) electrons. The number of carboxylic acid groups (broad SMARTS) is 1. The summed E-state index contributed by atoms with van der Waals surface area (Å²) in [4.78, 5) is 24.2. The van der Waals surface area contributed by atoms with E-state index in [2.05, 4.69) is 25.6 Å². The number of pyridine rings is 1. The molecule has 0 amide bonds. The third kappa shape index (κ3) is 4.35. The van der Waals surface area contributed by atoms with Gasteiger partial charge in [-0.05, 0) is 43.2 Å². The van der Waals surface area contributed by atoms with Crippen molar-refractivity contribution in [3.8, 4) is 0 Å². The number of rotatable bonds is 6. The number of aryl methyl sites for hydroxylation is 1. The molecule has 2 aromatic heterocycles. The predicted molar refractivity (Wildman–Crippen MR) is 99.7 cm³/mol. The van der Waals surface area contributed by atoms with Gasteiger partial charge in [0, 0.05) is 18.4 Å². The van der Waals surface area contributed by atoms with Crippen LogP contribution in [0.15, 0.2) is 48.9 Å². The maximum absolute atomic E-state index is 13.1. The summed E-state index contributed by atoms with van der Waals surface area (Å²) in [5, 5.41) is 15.7. The van der Waals surface area contributed by atoms with Crippen LogP contribution in [0.4, 0.5) is 21.8 Å². The Kier molecular flexibility index (Phi) is 5.25. The Hall–Kier alpha value is -3.55. The van der Waals surface area contributed by atoms with Crippen molar-refractivity contribution >= 4 is 23.4 Å². The molecule has 8 heteroatoms. The second-order valence-electron chi connectivity index (χ2n) is 5.99. The highest BCUT2D eigenvalue weighted by Crippen LogP contribution is 2.26. The predicted octanol–water partition coefficient (Wildman–Crippen LogP) is 3.93. The van der Waals surface area contributed by atoms with Gasteiger partial charge in [-0.3, -0.25) is 4.98 Å². The van der Waals surface area contributed by atoms with E-state index >= 15 is 0 Å². The average Bonchev–Trinajstić information content (AvgIpc) is 2.62. The molecule has 3 aromatic rings. The first-order chi connectivity index (χ1) is 12.9. The first-order valence-corrected chi connectivity index (χ1v) is 8.24. The highest BCUT2D eigenvalue weighted by atomic mass is 19.1. The van der Waals surface area contributed by atoms with E-state index in [-0.39, 0.29) is 23.2 Å². The number of aromatic nitrogens is 3. The summed E-state index contributed by atoms with van der Waals surface area (Å²) >= 11 is 0. The summed E-state index contributed by atoms with van der Waals surface area (Å²) < 4.78 is 13.1. The molecule has 3 rings (SSSR count). The summed E-state index contributed by atoms with van der Waals surface area (Å²) in [6.45, 7) is 3.54. The smallest absolute Gasteiger partial charge is 0.339 e. The average molecular weight is 367 g/mol. The number of nitrogens with zero attached hydrogens (tertiary/aromatic N) is 3. The van der Waals surface area contributed by atoms with Gasteiger partial charge in [-0.2, -0.15) is 0 Å². The van der Waals surface area contributed by atoms with Crippen molar-refractivity contribution < 1.29 is 14.3 Å². The second kappa shape index (κ2) is 7.77. The molecule has 1 atom stereocenters. The molecule has 2 heterocycles. The molecule has 3 N–H and O–H groups in total. The molecule has 0 aliphatic rings. The van der Waals surface area contributed by atoms with Crippen molar-refractivity contribution in [2.75, 3.05) is 10.6 Å². The van der Waals surface area contributed by atoms with Crippen molar-refractivity contribution in [2.24, 2.45) is 0 Å². The molecule has 0 bridgehead atoms. The standard InChI is InChI=1S/C19H18FN5O2/c1-11-9-15(24-16-10-21-7-8-22-16)25-18(17(11)19(26)27)23-12(2)13-3-5-14(20)6-4-13/h3-10,12H,1-2H3,(H,26,27)(H2,22,23,24,25). The maximum Gasteiger partial charge on any atom is 0.339 e. The van der Waals surface area contributed by atoms with Crippen LogP contribution in [0.3, 0.4) is 0 Å². The van der Waals surface area contributed by atoms with Crippen molar-refractivity contribution in [3.63, 3.8) is 0 Å². The Balaban J connectivity index is 1.93. The molecular formula is C19H18FN5O2. The normalized spacial score (nSPS) is 11.7. The van der Waals surface area contributed by atoms with Gasteiger partial charge in [-0.15, -0.1) is 0 Å². The summed E-state index contributed by atoms with van der Waals surface area (Å²) in [6.07, 6.45) is 4.63. The Morgan fingerprint density at radius 2 is 1.93 bits per heavy atom. The topological polar surface area (TPSA) is 100 Å². The Morgan fingerprint density at radius 1 is 1.19 bits per heavy atom. The van der Waals surface area contributed by atoms with E-state index in [0.717, 1.165) is 5.56 Å². The van der Waals surface area contributed by atoms with E-state index in [9.17, 15) is 14.3 Å². The summed E-state index contributed by atoms with van der Waals surface area (Å²) in [6, 6.07) is 7.35. The van der Waals surface area contributed by atoms with E-state index in [1.165, 1.54) is 24.5 Å². The Morgan fingerprint density at radius 3 is 2.56 bits per heavy atom. The lowest BCUT2D eigenvalue weighted by molar-refractivity contribution is 0.0697. The third-order valence-corrected chi connectivity index (χ3v) is 3.97. The van der Waals surface area contributed by atoms with Crippen molar-refractivity contribution in [2.45, 2.75) is 19.9 Å². The number of nitrogens with one attached hydrogen (secondary N) is 2. The maximum atomic E-state index is 13.1. The van der Waals surface area contributed by atoms with E-state index in [1.54, 1.807) is 31.3 Å². The van der Waals surface area contributed by atoms with Crippen molar-refractivity contribution in [1.82, 2.24) is 15.0 Å². The molecular weight excluding hydrogens is 349 g/mol. The lowest BCUT2D eigenvalue weighted by atomic mass is 10.1. The van der Waals surface area contributed by atoms with Crippen LogP contribution in [0.1, 0.15) is 34.5 Å². The molecule has 0 saturated heterocycles. The molecule has 0 fully saturated rings. The van der Waals surface area contributed by atoms with E-state index in [1.807, 2.05) is 6.92 Å². The first kappa shape index (κ1) is 18.2. The zero-order valence-corrected chi connectivity index (χ0v) is 14.8. The lowest BCUT2D eigenvalue weighted by Crippen LogP contribution is -2.14. The molecule has 1 aromatic carbocycles. The third-order valence-electron chi connectivity index (χ3n) is 3.97. The van der Waals surface area contributed by atoms with Crippen LogP contribution in [-0.2, 0) is 0 Å². The largest absolute Gasteiger partial charge is 0.478 e. The molecule has 0 aliphatic heterocycles. The van der Waals surface area contributed by atoms with Gasteiger partial charge >= 0.3 is 5.97 Å². The first-order valence-electron chi connectivity index (χ1n) is 8.24. The number of carbonyl (C=O) groups is 1. The van der Waals surface area contributed by atoms with Crippen molar-refractivity contribution in [1.29, 1.82) is 0 Å². The SMILES string of the molecule is Cc1cc(Nc2cnccn2)nc(NC(C)c2ccc(F)cc2)c1C(=O)O. The van der Waals surface area contributed by atoms with E-state index in [0.29, 0.717) is 17.2 Å². The van der Waals surface area contributed by atoms with Gasteiger partial charge in [0.25, 0.3) is 0 Å². The van der Waals surface area contributed by atoms with Crippen LogP contribution in [0.2, 0.25) is 0 Å². The van der Waals surface area contributed by atoms with E-state index < -0.39 is 5.97 Å². The summed E-state index contributed by atoms with van der Waals surface area (Å²) in [5.74, 6) is -0.274. The fraction of sp³-hybridized carbons (Fsp3) is 0.158. The minimum absolute atomic E-state index is 0.0775. The number of hydrogen-bond acceptors (Lipinski definition) is 6. The van der Waals surface area contributed by atoms with Gasteiger partial charge in [0.15, 0.2) is 0 Å². The number of carboxylic acids is 1. The molecule has 0 aliphatic carbocycles. The molecule has 7 nitrogen and oxygen atoms in total. The van der Waals surface area contributed by atoms with Gasteiger partial charge in [-0.1, -0.05) is 12.1 Å². The molecule has 0 saturated carbocycles. The van der Waals surface area contributed by atoms with Gasteiger partial charge in [-0.25, -0.2) is 19.2 Å². The second-order valence-corrected chi connectivity index (χ2v) is 5.99. The lowest BCUT2D eigenvalue weighted by Gasteiger charge is -2.19. The number of aromatic carboxylic acids is 1. The van der Waals surface area contributed by atoms with Crippen LogP contribution in [0.5, 0.6) is 0 Å². The van der Waals surface area contributed by atoms with Crippen LogP contribution in [0.25, 0.3) is 0 Å². The van der Waals surface area contributed by atoms with Gasteiger partial charge in [0.2, 0.25) is 0 Å². The zero-order chi connectivity index (χ0) is 19.4. The molecule has 27 heavy (non-hydrogen) atoms. The Labute approximate surface area is 155 Å². The highest BCUT2D eigenvalue weighted by molar-refractivity contribution is 5.95. The zero-order valence-electron chi connectivity index (χ0n) is 14.8. The van der Waals surface area contributed by atoms with Crippen LogP contribution in [0, 0.1) is 12.7 Å². The highest BCUT2D eigenvalue weighted by Gasteiger charge is 2.19. The van der Waals surface area contributed by atoms with Gasteiger partial charge < -0.3 is 15.7 Å². The fourth-order valence-corrected chi connectivity index (χ4v) is 2.65. The van der Waals surface area contributed by atoms with Gasteiger partial charge in [0.05, 0.1) is 6.20 Å². The van der Waals surface area contributed by atoms with Gasteiger partial charge in [0.1, 0.15) is 28.8 Å². The summed E-state index contributed by atoms with van der Waals surface area (Å²) in [7, 11) is 0. The molecule has 1 unspecified atom stereocenters. The number of halogens is 1. The number of hydrogen-bond donors (Lipinski definition) is 3. The van der Waals surface area contributed by atoms with E-state index in [4.69, 9.17) is 0 Å². The Bertz CT molecular complexity index is 948. The number of anilines is 3. The quantitative estimate of drug-likeness (QED) is 0.607. The monoisotopic (exact) mass is 367 g/mol. The van der Waals surface area contributed by atoms with Crippen LogP contribution in [-0.4, -0.2) is 26.0 Å². The number of benzene rings is 1.